The molecule has 2 aliphatic rings. The molecule has 11 heteroatoms. The summed E-state index contributed by atoms with van der Waals surface area (Å²) in [6, 6.07) is 10.3. The van der Waals surface area contributed by atoms with Gasteiger partial charge in [0.2, 0.25) is 5.91 Å². The minimum Gasteiger partial charge on any atom is -0.477 e. The number of halogens is 1. The molecule has 0 spiro atoms. The number of carboxylic acid groups (broad SMARTS) is 1. The molecule has 3 heterocycles. The largest absolute Gasteiger partial charge is 0.477 e. The molecule has 0 aliphatic carbocycles. The fraction of sp³-hybridized carbons (Fsp3) is 0.200. The maximum absolute atomic E-state index is 12.7. The van der Waals surface area contributed by atoms with Crippen molar-refractivity contribution in [1.82, 2.24) is 15.4 Å². The van der Waals surface area contributed by atoms with Crippen molar-refractivity contribution in [3.05, 3.63) is 64.6 Å². The van der Waals surface area contributed by atoms with Gasteiger partial charge in [0.15, 0.2) is 5.76 Å². The van der Waals surface area contributed by atoms with Gasteiger partial charge in [-0.2, -0.15) is 0 Å². The van der Waals surface area contributed by atoms with E-state index in [1.165, 1.54) is 28.4 Å². The minimum absolute atomic E-state index is 0.143. The molecule has 0 unspecified atom stereocenters. The van der Waals surface area contributed by atoms with E-state index in [4.69, 9.17) is 4.52 Å². The number of aliphatic carboxylic acids is 1. The van der Waals surface area contributed by atoms with Crippen LogP contribution in [0.1, 0.15) is 5.76 Å². The highest BCUT2D eigenvalue weighted by atomic mass is 79.9. The molecule has 8 nitrogen and oxygen atoms in total. The second-order valence-corrected chi connectivity index (χ2v) is 9.65. The van der Waals surface area contributed by atoms with E-state index in [0.717, 1.165) is 4.90 Å². The van der Waals surface area contributed by atoms with Crippen LogP contribution in [0, 0.1) is 0 Å². The van der Waals surface area contributed by atoms with Gasteiger partial charge in [0.1, 0.15) is 21.7 Å². The van der Waals surface area contributed by atoms with Gasteiger partial charge in [-0.05, 0) is 28.1 Å². The fourth-order valence-corrected chi connectivity index (χ4v) is 5.67. The number of amides is 2. The van der Waals surface area contributed by atoms with Crippen LogP contribution in [0.4, 0.5) is 0 Å². The zero-order valence-electron chi connectivity index (χ0n) is 15.9. The molecule has 0 bridgehead atoms. The maximum atomic E-state index is 12.7. The summed E-state index contributed by atoms with van der Waals surface area (Å²) in [6.45, 7) is 3.92. The molecule has 1 saturated heterocycles. The zero-order valence-corrected chi connectivity index (χ0v) is 19.1. The van der Waals surface area contributed by atoms with E-state index in [-0.39, 0.29) is 17.4 Å². The van der Waals surface area contributed by atoms with Crippen LogP contribution in [0.15, 0.2) is 68.3 Å². The van der Waals surface area contributed by atoms with Gasteiger partial charge in [0.25, 0.3) is 5.91 Å². The molecular formula is C20H16BrN3O5S2. The normalized spacial score (nSPS) is 20.2. The van der Waals surface area contributed by atoms with E-state index in [2.05, 4.69) is 33.0 Å². The Morgan fingerprint density at radius 3 is 2.77 bits per heavy atom. The van der Waals surface area contributed by atoms with Gasteiger partial charge in [0, 0.05) is 27.9 Å². The Bertz CT molecular complexity index is 1100. The minimum atomic E-state index is -1.24. The fourth-order valence-electron chi connectivity index (χ4n) is 3.28. The maximum Gasteiger partial charge on any atom is 0.352 e. The molecule has 2 N–H and O–H groups in total. The monoisotopic (exact) mass is 521 g/mol. The molecule has 0 radical (unpaired) electrons. The second kappa shape index (κ2) is 8.93. The lowest BCUT2D eigenvalue weighted by atomic mass is 9.98. The van der Waals surface area contributed by atoms with Gasteiger partial charge < -0.3 is 14.9 Å². The highest BCUT2D eigenvalue weighted by Gasteiger charge is 2.54. The molecule has 2 atom stereocenters. The third kappa shape index (κ3) is 4.30. The SMILES string of the molecule is C=C(C1=C(C(=O)O)N2C(=O)[C@@H](NC(=O)CSc3ccccc3)[C@H]2SC1)c1cc(Br)no1. The van der Waals surface area contributed by atoms with Gasteiger partial charge in [-0.15, -0.1) is 23.5 Å². The van der Waals surface area contributed by atoms with Crippen molar-refractivity contribution in [3.8, 4) is 0 Å². The van der Waals surface area contributed by atoms with E-state index in [9.17, 15) is 19.5 Å². The molecule has 2 aromatic rings. The van der Waals surface area contributed by atoms with Crippen LogP contribution < -0.4 is 5.32 Å². The van der Waals surface area contributed by atoms with Crippen LogP contribution >= 0.6 is 39.5 Å². The summed E-state index contributed by atoms with van der Waals surface area (Å²) in [5.41, 5.74) is 0.590. The van der Waals surface area contributed by atoms with Crippen molar-refractivity contribution in [2.24, 2.45) is 0 Å². The van der Waals surface area contributed by atoms with Crippen LogP contribution in [0.25, 0.3) is 5.57 Å². The van der Waals surface area contributed by atoms with Gasteiger partial charge >= 0.3 is 5.97 Å². The van der Waals surface area contributed by atoms with Gasteiger partial charge in [-0.3, -0.25) is 14.5 Å². The Morgan fingerprint density at radius 1 is 1.39 bits per heavy atom. The molecule has 1 aromatic heterocycles. The number of β-lactam (4-membered cyclic amide) rings is 1. The lowest BCUT2D eigenvalue weighted by molar-refractivity contribution is -0.150. The van der Waals surface area contributed by atoms with Crippen LogP contribution in [0.2, 0.25) is 0 Å². The number of aromatic nitrogens is 1. The second-order valence-electron chi connectivity index (χ2n) is 6.68. The first-order valence-corrected chi connectivity index (χ1v) is 11.9. The first kappa shape index (κ1) is 21.7. The van der Waals surface area contributed by atoms with Crippen LogP contribution in [-0.2, 0) is 14.4 Å². The summed E-state index contributed by atoms with van der Waals surface area (Å²) in [4.78, 5) is 39.2. The first-order chi connectivity index (χ1) is 14.9. The average molecular weight is 522 g/mol. The molecule has 160 valence electrons. The molecular weight excluding hydrogens is 506 g/mol. The number of carbonyl (C=O) groups excluding carboxylic acids is 2. The number of nitrogens with one attached hydrogen (secondary N) is 1. The van der Waals surface area contributed by atoms with E-state index in [0.29, 0.717) is 27.3 Å². The quantitative estimate of drug-likeness (QED) is 0.422. The highest BCUT2D eigenvalue weighted by molar-refractivity contribution is 9.10. The van der Waals surface area contributed by atoms with Crippen molar-refractivity contribution >= 4 is 62.8 Å². The molecule has 2 amide bonds. The van der Waals surface area contributed by atoms with Crippen molar-refractivity contribution in [1.29, 1.82) is 0 Å². The number of hydrogen-bond acceptors (Lipinski definition) is 7. The number of benzene rings is 1. The van der Waals surface area contributed by atoms with Crippen molar-refractivity contribution in [2.75, 3.05) is 11.5 Å². The molecule has 1 aromatic carbocycles. The number of fused-ring (bicyclic) bond motifs is 1. The van der Waals surface area contributed by atoms with Gasteiger partial charge in [-0.1, -0.05) is 29.9 Å². The Hall–Kier alpha value is -2.50. The van der Waals surface area contributed by atoms with E-state index in [1.54, 1.807) is 6.07 Å². The smallest absolute Gasteiger partial charge is 0.352 e. The van der Waals surface area contributed by atoms with E-state index in [1.807, 2.05) is 30.3 Å². The molecule has 0 saturated carbocycles. The highest BCUT2D eigenvalue weighted by Crippen LogP contribution is 2.43. The number of carbonyl (C=O) groups is 3. The van der Waals surface area contributed by atoms with Gasteiger partial charge in [-0.25, -0.2) is 4.79 Å². The predicted molar refractivity (Wildman–Crippen MR) is 120 cm³/mol. The van der Waals surface area contributed by atoms with Crippen LogP contribution in [0.5, 0.6) is 0 Å². The average Bonchev–Trinajstić information content (AvgIpc) is 3.21. The topological polar surface area (TPSA) is 113 Å². The summed E-state index contributed by atoms with van der Waals surface area (Å²) in [6.07, 6.45) is 0. The van der Waals surface area contributed by atoms with Crippen molar-refractivity contribution < 1.29 is 24.0 Å². The number of thioether (sulfide) groups is 2. The number of carboxylic acids is 1. The Kier molecular flexibility index (Phi) is 6.26. The standard InChI is InChI=1S/C20H16BrN3O5S2/c1-10(13-7-14(21)23-29-13)12-8-31-19-16(18(26)24(19)17(12)20(27)28)22-15(25)9-30-11-5-3-2-4-6-11/h2-7,16,19H,1,8-9H2,(H,22,25)(H,27,28)/t16-,19-/m1/s1. The summed E-state index contributed by atoms with van der Waals surface area (Å²) in [5, 5.41) is 15.7. The van der Waals surface area contributed by atoms with E-state index < -0.39 is 23.3 Å². The lowest BCUT2D eigenvalue weighted by Gasteiger charge is -2.49. The third-order valence-corrected chi connectivity index (χ3v) is 7.41. The summed E-state index contributed by atoms with van der Waals surface area (Å²) in [7, 11) is 0. The number of hydrogen-bond donors (Lipinski definition) is 2. The Labute approximate surface area is 194 Å². The molecule has 2 aliphatic heterocycles. The zero-order chi connectivity index (χ0) is 22.1. The number of nitrogens with zero attached hydrogens (tertiary/aromatic N) is 2. The van der Waals surface area contributed by atoms with Crippen molar-refractivity contribution in [2.45, 2.75) is 16.3 Å². The lowest BCUT2D eigenvalue weighted by Crippen LogP contribution is -2.70. The molecule has 1 fully saturated rings. The summed E-state index contributed by atoms with van der Waals surface area (Å²) < 4.78 is 5.61. The summed E-state index contributed by atoms with van der Waals surface area (Å²) in [5.74, 6) is -1.20. The Balaban J connectivity index is 1.46. The number of allylic oxidation sites excluding steroid dienone is 1. The third-order valence-electron chi connectivity index (χ3n) is 4.74. The Morgan fingerprint density at radius 2 is 2.13 bits per heavy atom. The van der Waals surface area contributed by atoms with Crippen LogP contribution in [0.3, 0.4) is 0 Å². The molecule has 31 heavy (non-hydrogen) atoms. The first-order valence-electron chi connectivity index (χ1n) is 9.07. The van der Waals surface area contributed by atoms with E-state index >= 15 is 0 Å². The predicted octanol–water partition coefficient (Wildman–Crippen LogP) is 2.98. The van der Waals surface area contributed by atoms with Crippen molar-refractivity contribution in [3.63, 3.8) is 0 Å². The van der Waals surface area contributed by atoms with Gasteiger partial charge in [0.05, 0.1) is 5.75 Å². The number of rotatable bonds is 7. The van der Waals surface area contributed by atoms with Crippen LogP contribution in [-0.4, -0.2) is 55.9 Å². The summed E-state index contributed by atoms with van der Waals surface area (Å²) >= 11 is 5.91. The molecule has 4 rings (SSSR count).